The maximum atomic E-state index is 12.7. The van der Waals surface area contributed by atoms with E-state index in [1.165, 1.54) is 6.26 Å². The molecule has 0 aromatic carbocycles. The Kier molecular flexibility index (Phi) is 4.85. The average Bonchev–Trinajstić information content (AvgIpc) is 3.39. The lowest BCUT2D eigenvalue weighted by Gasteiger charge is -2.31. The number of ether oxygens (including phenoxy) is 2. The summed E-state index contributed by atoms with van der Waals surface area (Å²) in [4.78, 5) is 14.6. The average molecular weight is 345 g/mol. The molecule has 25 heavy (non-hydrogen) atoms. The SMILES string of the molecule is O=C(c1ccco1)N1C[C@H](OCCCn2cccn2)[C@@H]2OCCC[C@@H]21. The van der Waals surface area contributed by atoms with E-state index in [9.17, 15) is 4.79 Å². The zero-order valence-electron chi connectivity index (χ0n) is 14.1. The molecule has 4 heterocycles. The molecule has 0 unspecified atom stereocenters. The van der Waals surface area contributed by atoms with Gasteiger partial charge in [-0.05, 0) is 37.5 Å². The minimum Gasteiger partial charge on any atom is -0.459 e. The molecule has 0 spiro atoms. The van der Waals surface area contributed by atoms with Crippen molar-refractivity contribution >= 4 is 5.91 Å². The van der Waals surface area contributed by atoms with E-state index in [0.29, 0.717) is 18.9 Å². The summed E-state index contributed by atoms with van der Waals surface area (Å²) in [6.45, 7) is 2.73. The molecule has 2 saturated heterocycles. The number of rotatable bonds is 6. The van der Waals surface area contributed by atoms with Crippen molar-refractivity contribution in [3.63, 3.8) is 0 Å². The van der Waals surface area contributed by atoms with E-state index in [1.807, 2.05) is 21.8 Å². The molecule has 2 aromatic heterocycles. The van der Waals surface area contributed by atoms with Gasteiger partial charge in [0.15, 0.2) is 5.76 Å². The Balaban J connectivity index is 1.36. The summed E-state index contributed by atoms with van der Waals surface area (Å²) >= 11 is 0. The highest BCUT2D eigenvalue weighted by Gasteiger charge is 2.47. The van der Waals surface area contributed by atoms with Gasteiger partial charge in [-0.15, -0.1) is 0 Å². The molecule has 134 valence electrons. The fraction of sp³-hybridized carbons (Fsp3) is 0.556. The Morgan fingerprint density at radius 3 is 3.16 bits per heavy atom. The highest BCUT2D eigenvalue weighted by atomic mass is 16.5. The van der Waals surface area contributed by atoms with Gasteiger partial charge in [0, 0.05) is 32.2 Å². The van der Waals surface area contributed by atoms with Crippen LogP contribution in [0.1, 0.15) is 29.8 Å². The lowest BCUT2D eigenvalue weighted by Crippen LogP contribution is -2.43. The molecule has 4 rings (SSSR count). The van der Waals surface area contributed by atoms with Crippen LogP contribution in [0.2, 0.25) is 0 Å². The van der Waals surface area contributed by atoms with Crippen LogP contribution in [0.5, 0.6) is 0 Å². The van der Waals surface area contributed by atoms with Crippen LogP contribution >= 0.6 is 0 Å². The standard InChI is InChI=1S/C18H23N3O4/c22-18(15-6-2-10-23-15)21-13-16(17-14(21)5-1-11-25-17)24-12-4-9-20-8-3-7-19-20/h2-3,6-8,10,14,16-17H,1,4-5,9,11-13H2/t14-,16-,17+/m0/s1. The van der Waals surface area contributed by atoms with Crippen molar-refractivity contribution < 1.29 is 18.7 Å². The number of carbonyl (C=O) groups excluding carboxylic acids is 1. The summed E-state index contributed by atoms with van der Waals surface area (Å²) in [5.74, 6) is 0.303. The number of hydrogen-bond donors (Lipinski definition) is 0. The second-order valence-electron chi connectivity index (χ2n) is 6.51. The third kappa shape index (κ3) is 3.48. The predicted octanol–water partition coefficient (Wildman–Crippen LogP) is 1.95. The second-order valence-corrected chi connectivity index (χ2v) is 6.51. The molecule has 2 aromatic rings. The van der Waals surface area contributed by atoms with Crippen LogP contribution < -0.4 is 0 Å². The molecule has 7 heteroatoms. The molecule has 0 radical (unpaired) electrons. The van der Waals surface area contributed by atoms with Crippen LogP contribution in [0.3, 0.4) is 0 Å². The van der Waals surface area contributed by atoms with Crippen LogP contribution in [-0.2, 0) is 16.0 Å². The topological polar surface area (TPSA) is 69.7 Å². The molecule has 1 amide bonds. The Morgan fingerprint density at radius 2 is 2.36 bits per heavy atom. The Hall–Kier alpha value is -2.12. The van der Waals surface area contributed by atoms with E-state index in [0.717, 1.165) is 32.4 Å². The van der Waals surface area contributed by atoms with Gasteiger partial charge in [0.2, 0.25) is 0 Å². The van der Waals surface area contributed by atoms with Crippen LogP contribution in [0, 0.1) is 0 Å². The minimum atomic E-state index is -0.0816. The summed E-state index contributed by atoms with van der Waals surface area (Å²) in [6, 6.07) is 5.43. The summed E-state index contributed by atoms with van der Waals surface area (Å²) in [7, 11) is 0. The molecular weight excluding hydrogens is 322 g/mol. The fourth-order valence-electron chi connectivity index (χ4n) is 3.73. The Morgan fingerprint density at radius 1 is 1.40 bits per heavy atom. The molecule has 0 N–H and O–H groups in total. The third-order valence-electron chi connectivity index (χ3n) is 4.89. The van der Waals surface area contributed by atoms with Crippen molar-refractivity contribution in [3.8, 4) is 0 Å². The lowest BCUT2D eigenvalue weighted by atomic mass is 10.0. The molecular formula is C18H23N3O4. The first kappa shape index (κ1) is 16.4. The maximum Gasteiger partial charge on any atom is 0.289 e. The van der Waals surface area contributed by atoms with Crippen molar-refractivity contribution in [1.29, 1.82) is 0 Å². The molecule has 0 aliphatic carbocycles. The Bertz CT molecular complexity index is 671. The van der Waals surface area contributed by atoms with Gasteiger partial charge in [-0.1, -0.05) is 0 Å². The first-order valence-electron chi connectivity index (χ1n) is 8.88. The number of likely N-dealkylation sites (tertiary alicyclic amines) is 1. The number of nitrogens with zero attached hydrogens (tertiary/aromatic N) is 3. The highest BCUT2D eigenvalue weighted by Crippen LogP contribution is 2.32. The quantitative estimate of drug-likeness (QED) is 0.749. The largest absolute Gasteiger partial charge is 0.459 e. The highest BCUT2D eigenvalue weighted by molar-refractivity contribution is 5.92. The number of hydrogen-bond acceptors (Lipinski definition) is 5. The van der Waals surface area contributed by atoms with Gasteiger partial charge >= 0.3 is 0 Å². The molecule has 0 bridgehead atoms. The zero-order chi connectivity index (χ0) is 17.1. The third-order valence-corrected chi connectivity index (χ3v) is 4.89. The van der Waals surface area contributed by atoms with Crippen molar-refractivity contribution in [3.05, 3.63) is 42.6 Å². The number of aromatic nitrogens is 2. The maximum absolute atomic E-state index is 12.7. The van der Waals surface area contributed by atoms with E-state index in [2.05, 4.69) is 5.10 Å². The van der Waals surface area contributed by atoms with E-state index < -0.39 is 0 Å². The molecule has 7 nitrogen and oxygen atoms in total. The number of carbonyl (C=O) groups is 1. The number of furan rings is 1. The molecule has 0 saturated carbocycles. The van der Waals surface area contributed by atoms with Crippen LogP contribution in [0.25, 0.3) is 0 Å². The summed E-state index contributed by atoms with van der Waals surface area (Å²) in [5, 5.41) is 4.19. The van der Waals surface area contributed by atoms with Crippen LogP contribution in [-0.4, -0.2) is 58.6 Å². The lowest BCUT2D eigenvalue weighted by molar-refractivity contribution is -0.0770. The normalized spacial score (nSPS) is 25.9. The summed E-state index contributed by atoms with van der Waals surface area (Å²) < 4.78 is 19.2. The molecule has 3 atom stereocenters. The van der Waals surface area contributed by atoms with Crippen LogP contribution in [0.15, 0.2) is 41.3 Å². The number of amides is 1. The smallest absolute Gasteiger partial charge is 0.289 e. The van der Waals surface area contributed by atoms with Crippen molar-refractivity contribution in [1.82, 2.24) is 14.7 Å². The van der Waals surface area contributed by atoms with Gasteiger partial charge in [-0.3, -0.25) is 9.48 Å². The first-order chi connectivity index (χ1) is 12.3. The van der Waals surface area contributed by atoms with Crippen LogP contribution in [0.4, 0.5) is 0 Å². The van der Waals surface area contributed by atoms with Gasteiger partial charge in [-0.25, -0.2) is 0 Å². The predicted molar refractivity (Wildman–Crippen MR) is 89.1 cm³/mol. The van der Waals surface area contributed by atoms with Crippen molar-refractivity contribution in [2.24, 2.45) is 0 Å². The minimum absolute atomic E-state index is 0.0441. The monoisotopic (exact) mass is 345 g/mol. The fourth-order valence-corrected chi connectivity index (χ4v) is 3.73. The van der Waals surface area contributed by atoms with Gasteiger partial charge < -0.3 is 18.8 Å². The number of aryl methyl sites for hydroxylation is 1. The number of fused-ring (bicyclic) bond motifs is 1. The molecule has 2 aliphatic rings. The van der Waals surface area contributed by atoms with E-state index in [-0.39, 0.29) is 24.2 Å². The summed E-state index contributed by atoms with van der Waals surface area (Å²) in [6.07, 6.45) is 7.91. The zero-order valence-corrected chi connectivity index (χ0v) is 14.1. The molecule has 2 aliphatic heterocycles. The van der Waals surface area contributed by atoms with E-state index in [4.69, 9.17) is 13.9 Å². The van der Waals surface area contributed by atoms with Gasteiger partial charge in [-0.2, -0.15) is 5.10 Å². The van der Waals surface area contributed by atoms with Gasteiger partial charge in [0.1, 0.15) is 12.2 Å². The first-order valence-corrected chi connectivity index (χ1v) is 8.88. The van der Waals surface area contributed by atoms with Crippen molar-refractivity contribution in [2.45, 2.75) is 44.1 Å². The van der Waals surface area contributed by atoms with Gasteiger partial charge in [0.25, 0.3) is 5.91 Å². The van der Waals surface area contributed by atoms with Gasteiger partial charge in [0.05, 0.1) is 18.8 Å². The molecule has 2 fully saturated rings. The van der Waals surface area contributed by atoms with Crippen molar-refractivity contribution in [2.75, 3.05) is 19.8 Å². The second kappa shape index (κ2) is 7.41. The van der Waals surface area contributed by atoms with E-state index >= 15 is 0 Å². The Labute approximate surface area is 146 Å². The van der Waals surface area contributed by atoms with E-state index in [1.54, 1.807) is 18.3 Å². The summed E-state index contributed by atoms with van der Waals surface area (Å²) in [5.41, 5.74) is 0.